The van der Waals surface area contributed by atoms with Crippen LogP contribution >= 0.6 is 22.9 Å². The number of hydrogen-bond acceptors (Lipinski definition) is 10. The SMILES string of the molecule is CCC/C=C\CN(CCC(=O)N1CC2(COC2)C1)c1nc(OCC23CCCN2CCC3)nc2c(F)c(-c3ccc(F)c4sc(N)c(C#N)c34)c(Cl)cc12. The average molecular weight is 762 g/mol. The average Bonchev–Trinajstić information content (AvgIpc) is 3.79. The Balaban J connectivity index is 1.22. The molecule has 278 valence electrons. The molecule has 10 nitrogen and oxygen atoms in total. The van der Waals surface area contributed by atoms with E-state index in [9.17, 15) is 10.1 Å². The number of allylic oxidation sites excluding steroid dienone is 1. The lowest BCUT2D eigenvalue weighted by molar-refractivity contribution is -0.195. The van der Waals surface area contributed by atoms with Crippen molar-refractivity contribution in [1.29, 1.82) is 5.26 Å². The molecule has 0 radical (unpaired) electrons. The van der Waals surface area contributed by atoms with Crippen LogP contribution in [-0.2, 0) is 9.53 Å². The number of ether oxygens (including phenoxy) is 2. The zero-order valence-corrected chi connectivity index (χ0v) is 31.3. The van der Waals surface area contributed by atoms with Gasteiger partial charge in [0, 0.05) is 48.9 Å². The summed E-state index contributed by atoms with van der Waals surface area (Å²) >= 11 is 7.89. The Kier molecular flexibility index (Phi) is 9.68. The first-order valence-electron chi connectivity index (χ1n) is 18.4. The number of nitrogens with two attached hydrogens (primary N) is 1. The second-order valence-electron chi connectivity index (χ2n) is 14.9. The van der Waals surface area contributed by atoms with Gasteiger partial charge in [0.05, 0.1) is 39.5 Å². The summed E-state index contributed by atoms with van der Waals surface area (Å²) in [5, 5.41) is 10.7. The Hall–Kier alpha value is -4.09. The van der Waals surface area contributed by atoms with E-state index in [0.717, 1.165) is 63.0 Å². The molecule has 2 N–H and O–H groups in total. The van der Waals surface area contributed by atoms with Crippen molar-refractivity contribution in [3.05, 3.63) is 52.6 Å². The highest BCUT2D eigenvalue weighted by atomic mass is 35.5. The van der Waals surface area contributed by atoms with Gasteiger partial charge >= 0.3 is 6.01 Å². The summed E-state index contributed by atoms with van der Waals surface area (Å²) < 4.78 is 44.2. The first-order chi connectivity index (χ1) is 25.7. The van der Waals surface area contributed by atoms with Crippen molar-refractivity contribution in [1.82, 2.24) is 19.8 Å². The highest BCUT2D eigenvalue weighted by Gasteiger charge is 2.50. The molecule has 0 atom stereocenters. The normalized spacial score (nSPS) is 18.8. The predicted molar refractivity (Wildman–Crippen MR) is 203 cm³/mol. The molecule has 53 heavy (non-hydrogen) atoms. The van der Waals surface area contributed by atoms with Crippen LogP contribution in [-0.4, -0.2) is 90.3 Å². The number of anilines is 2. The largest absolute Gasteiger partial charge is 0.461 e. The summed E-state index contributed by atoms with van der Waals surface area (Å²) in [4.78, 5) is 29.3. The van der Waals surface area contributed by atoms with E-state index in [2.05, 4.69) is 29.0 Å². The van der Waals surface area contributed by atoms with Crippen molar-refractivity contribution in [2.75, 3.05) is 69.7 Å². The van der Waals surface area contributed by atoms with Gasteiger partial charge in [-0.3, -0.25) is 9.69 Å². The zero-order valence-electron chi connectivity index (χ0n) is 29.7. The molecule has 0 aliphatic carbocycles. The van der Waals surface area contributed by atoms with Crippen molar-refractivity contribution in [3.8, 4) is 23.2 Å². The lowest BCUT2D eigenvalue weighted by Gasteiger charge is -2.55. The van der Waals surface area contributed by atoms with Crippen molar-refractivity contribution in [2.45, 2.75) is 57.4 Å². The van der Waals surface area contributed by atoms with E-state index < -0.39 is 11.6 Å². The summed E-state index contributed by atoms with van der Waals surface area (Å²) in [5.74, 6) is -0.887. The summed E-state index contributed by atoms with van der Waals surface area (Å²) in [6.07, 6.45) is 10.4. The van der Waals surface area contributed by atoms with Gasteiger partial charge in [0.1, 0.15) is 34.8 Å². The Labute approximate surface area is 316 Å². The molecule has 0 unspecified atom stereocenters. The summed E-state index contributed by atoms with van der Waals surface area (Å²) in [7, 11) is 0. The number of carbonyl (C=O) groups is 1. The number of hydrogen-bond donors (Lipinski definition) is 1. The molecule has 0 bridgehead atoms. The lowest BCUT2D eigenvalue weighted by atomic mass is 9.78. The van der Waals surface area contributed by atoms with Crippen LogP contribution in [0.15, 0.2) is 30.4 Å². The van der Waals surface area contributed by atoms with Crippen molar-refractivity contribution >= 4 is 60.7 Å². The van der Waals surface area contributed by atoms with Crippen LogP contribution in [0.1, 0.15) is 57.4 Å². The highest BCUT2D eigenvalue weighted by molar-refractivity contribution is 7.23. The van der Waals surface area contributed by atoms with Crippen LogP contribution in [0, 0.1) is 28.4 Å². The maximum Gasteiger partial charge on any atom is 0.319 e. The van der Waals surface area contributed by atoms with E-state index in [4.69, 9.17) is 31.8 Å². The van der Waals surface area contributed by atoms with Crippen molar-refractivity contribution < 1.29 is 23.0 Å². The number of likely N-dealkylation sites (tertiary alicyclic amines) is 1. The number of carbonyl (C=O) groups excluding carboxylic acids is 1. The molecule has 14 heteroatoms. The standard InChI is InChI=1S/C39H42ClF2N7O3S/c1-2-3-4-5-13-47(16-10-29(50)48-19-38(20-48)21-51-22-38)36-25-17-27(40)31(24-8-9-28(41)34-30(24)26(18-43)35(44)53-34)32(42)33(25)45-37(46-36)52-23-39-11-6-14-49(39)15-7-12-39/h4-5,8-9,17H,2-3,6-7,10-16,19-23,44H2,1H3/b5-4-. The number of fused-ring (bicyclic) bond motifs is 3. The molecule has 1 amide bonds. The zero-order chi connectivity index (χ0) is 36.9. The highest BCUT2D eigenvalue weighted by Crippen LogP contribution is 2.46. The van der Waals surface area contributed by atoms with Crippen LogP contribution < -0.4 is 15.4 Å². The summed E-state index contributed by atoms with van der Waals surface area (Å²) in [5.41, 5.74) is 6.36. The van der Waals surface area contributed by atoms with Gasteiger partial charge in [-0.25, -0.2) is 8.78 Å². The van der Waals surface area contributed by atoms with Crippen molar-refractivity contribution in [3.63, 3.8) is 0 Å². The maximum absolute atomic E-state index is 17.3. The maximum atomic E-state index is 17.3. The molecule has 4 fully saturated rings. The smallest absolute Gasteiger partial charge is 0.319 e. The van der Waals surface area contributed by atoms with Gasteiger partial charge in [-0.1, -0.05) is 43.2 Å². The van der Waals surface area contributed by atoms with Gasteiger partial charge in [0.25, 0.3) is 0 Å². The second-order valence-corrected chi connectivity index (χ2v) is 16.4. The Morgan fingerprint density at radius 1 is 1.21 bits per heavy atom. The van der Waals surface area contributed by atoms with Gasteiger partial charge in [0.15, 0.2) is 5.82 Å². The molecule has 0 saturated carbocycles. The van der Waals surface area contributed by atoms with E-state index >= 15 is 8.78 Å². The van der Waals surface area contributed by atoms with E-state index in [-0.39, 0.29) is 71.6 Å². The lowest BCUT2D eigenvalue weighted by Crippen LogP contribution is -2.67. The summed E-state index contributed by atoms with van der Waals surface area (Å²) in [6, 6.07) is 6.34. The number of rotatable bonds is 12. The minimum Gasteiger partial charge on any atom is -0.461 e. The number of nitriles is 1. The topological polar surface area (TPSA) is 121 Å². The second kappa shape index (κ2) is 14.3. The van der Waals surface area contributed by atoms with Gasteiger partial charge < -0.3 is 25.0 Å². The third kappa shape index (κ3) is 6.37. The van der Waals surface area contributed by atoms with Gasteiger partial charge in [-0.15, -0.1) is 11.3 Å². The molecule has 8 rings (SSSR count). The minimum atomic E-state index is -0.754. The first kappa shape index (κ1) is 35.9. The molecule has 2 aromatic heterocycles. The van der Waals surface area contributed by atoms with Gasteiger partial charge in [-0.05, 0) is 62.9 Å². The third-order valence-electron chi connectivity index (χ3n) is 11.4. The Bertz CT molecular complexity index is 2150. The van der Waals surface area contributed by atoms with Crippen LogP contribution in [0.3, 0.4) is 0 Å². The van der Waals surface area contributed by atoms with Gasteiger partial charge in [0.2, 0.25) is 5.91 Å². The monoisotopic (exact) mass is 761 g/mol. The fourth-order valence-electron chi connectivity index (χ4n) is 8.55. The summed E-state index contributed by atoms with van der Waals surface area (Å²) in [6.45, 7) is 8.00. The van der Waals surface area contributed by atoms with Crippen LogP contribution in [0.4, 0.5) is 19.6 Å². The predicted octanol–water partition coefficient (Wildman–Crippen LogP) is 7.32. The van der Waals surface area contributed by atoms with E-state index in [1.807, 2.05) is 15.9 Å². The Morgan fingerprint density at radius 3 is 2.68 bits per heavy atom. The van der Waals surface area contributed by atoms with Crippen LogP contribution in [0.25, 0.3) is 32.1 Å². The van der Waals surface area contributed by atoms with Crippen LogP contribution in [0.2, 0.25) is 5.02 Å². The fourth-order valence-corrected chi connectivity index (χ4v) is 9.80. The number of nitrogen functional groups attached to an aromatic ring is 1. The van der Waals surface area contributed by atoms with Crippen LogP contribution in [0.5, 0.6) is 6.01 Å². The molecule has 4 aliphatic rings. The number of thiophene rings is 1. The molecule has 6 heterocycles. The Morgan fingerprint density at radius 2 is 1.98 bits per heavy atom. The molecule has 1 spiro atoms. The van der Waals surface area contributed by atoms with E-state index in [0.29, 0.717) is 57.2 Å². The van der Waals surface area contributed by atoms with E-state index in [1.54, 1.807) is 6.07 Å². The first-order valence-corrected chi connectivity index (χ1v) is 19.6. The number of nitrogens with zero attached hydrogens (tertiary/aromatic N) is 6. The molecule has 2 aromatic carbocycles. The molecular weight excluding hydrogens is 720 g/mol. The molecule has 4 aliphatic heterocycles. The number of benzene rings is 2. The number of halogens is 3. The van der Waals surface area contributed by atoms with Gasteiger partial charge in [-0.2, -0.15) is 15.2 Å². The quantitative estimate of drug-likeness (QED) is 0.148. The number of amides is 1. The number of unbranched alkanes of at least 4 members (excludes halogenated alkanes) is 1. The molecular formula is C39H42ClF2N7O3S. The third-order valence-corrected chi connectivity index (χ3v) is 12.7. The van der Waals surface area contributed by atoms with E-state index in [1.165, 1.54) is 12.1 Å². The number of aromatic nitrogens is 2. The minimum absolute atomic E-state index is 0.0260. The fraction of sp³-hybridized carbons (Fsp3) is 0.487. The molecule has 4 aromatic rings. The van der Waals surface area contributed by atoms with Crippen molar-refractivity contribution in [2.24, 2.45) is 5.41 Å². The molecule has 4 saturated heterocycles.